The minimum atomic E-state index is -0.912. The molecular weight excluding hydrogens is 371 g/mol. The Morgan fingerprint density at radius 2 is 1.96 bits per heavy atom. The molecule has 0 spiro atoms. The van der Waals surface area contributed by atoms with Crippen molar-refractivity contribution in [2.45, 2.75) is 6.42 Å². The van der Waals surface area contributed by atoms with Crippen LogP contribution in [0.2, 0.25) is 10.0 Å². The van der Waals surface area contributed by atoms with Crippen molar-refractivity contribution in [3.8, 4) is 11.6 Å². The number of aliphatic carboxylic acids is 1. The molecule has 0 saturated carbocycles. The van der Waals surface area contributed by atoms with E-state index in [0.29, 0.717) is 11.4 Å². The van der Waals surface area contributed by atoms with Gasteiger partial charge in [-0.3, -0.25) is 9.59 Å². The lowest BCUT2D eigenvalue weighted by Gasteiger charge is -2.14. The molecule has 0 aliphatic carbocycles. The molecule has 0 aliphatic heterocycles. The van der Waals surface area contributed by atoms with E-state index in [4.69, 9.17) is 33.0 Å². The number of hydrogen-bond acceptors (Lipinski definition) is 6. The van der Waals surface area contributed by atoms with Gasteiger partial charge in [-0.2, -0.15) is 0 Å². The van der Waals surface area contributed by atoms with Crippen molar-refractivity contribution in [2.24, 2.45) is 0 Å². The van der Waals surface area contributed by atoms with E-state index in [-0.39, 0.29) is 40.2 Å². The van der Waals surface area contributed by atoms with Gasteiger partial charge in [0.15, 0.2) is 5.75 Å². The van der Waals surface area contributed by atoms with Crippen molar-refractivity contribution in [1.82, 2.24) is 10.2 Å². The second-order valence-corrected chi connectivity index (χ2v) is 6.07. The summed E-state index contributed by atoms with van der Waals surface area (Å²) in [4.78, 5) is 23.8. The maximum atomic E-state index is 11.7. The van der Waals surface area contributed by atoms with E-state index in [9.17, 15) is 9.59 Å². The molecule has 134 valence electrons. The van der Waals surface area contributed by atoms with Crippen molar-refractivity contribution in [3.63, 3.8) is 0 Å². The van der Waals surface area contributed by atoms with Crippen LogP contribution < -0.4 is 20.5 Å². The van der Waals surface area contributed by atoms with Gasteiger partial charge in [-0.25, -0.2) is 5.10 Å². The number of benzene rings is 1. The average Bonchev–Trinajstić information content (AvgIpc) is 2.51. The fraction of sp³-hybridized carbons (Fsp3) is 0.267. The number of nitrogens with zero attached hydrogens (tertiary/aromatic N) is 2. The maximum Gasteiger partial charge on any atom is 0.305 e. The number of hydrogen-bond donors (Lipinski definition) is 3. The molecule has 0 atom stereocenters. The molecule has 0 fully saturated rings. The molecule has 2 aromatic rings. The van der Waals surface area contributed by atoms with E-state index in [1.807, 2.05) is 0 Å². The van der Waals surface area contributed by atoms with E-state index < -0.39 is 5.97 Å². The van der Waals surface area contributed by atoms with Crippen LogP contribution in [0, 0.1) is 0 Å². The average molecular weight is 387 g/mol. The molecular formula is C15H16Cl2N4O4. The largest absolute Gasteiger partial charge is 0.481 e. The molecule has 1 heterocycles. The molecule has 0 aliphatic rings. The third-order valence-corrected chi connectivity index (χ3v) is 3.68. The first-order valence-corrected chi connectivity index (χ1v) is 7.93. The summed E-state index contributed by atoms with van der Waals surface area (Å²) < 4.78 is 5.59. The van der Waals surface area contributed by atoms with Crippen molar-refractivity contribution in [1.29, 1.82) is 0 Å². The first-order valence-electron chi connectivity index (χ1n) is 7.17. The number of H-pyrrole nitrogens is 1. The molecule has 1 aromatic carbocycles. The molecule has 0 bridgehead atoms. The number of carbonyl (C=O) groups is 1. The van der Waals surface area contributed by atoms with Gasteiger partial charge < -0.3 is 20.1 Å². The number of carboxylic acids is 1. The molecule has 25 heavy (non-hydrogen) atoms. The Bertz CT molecular complexity index is 816. The van der Waals surface area contributed by atoms with Gasteiger partial charge in [-0.15, -0.1) is 5.10 Å². The van der Waals surface area contributed by atoms with Crippen molar-refractivity contribution in [2.75, 3.05) is 30.9 Å². The molecule has 1 aromatic heterocycles. The quantitative estimate of drug-likeness (QED) is 0.671. The summed E-state index contributed by atoms with van der Waals surface area (Å²) in [6.07, 6.45) is -0.0396. The summed E-state index contributed by atoms with van der Waals surface area (Å²) in [5.41, 5.74) is 0.573. The van der Waals surface area contributed by atoms with E-state index in [1.54, 1.807) is 31.1 Å². The monoisotopic (exact) mass is 386 g/mol. The van der Waals surface area contributed by atoms with Gasteiger partial charge in [-0.05, 0) is 12.1 Å². The maximum absolute atomic E-state index is 11.7. The normalized spacial score (nSPS) is 10.4. The van der Waals surface area contributed by atoms with E-state index >= 15 is 0 Å². The summed E-state index contributed by atoms with van der Waals surface area (Å²) >= 11 is 12.4. The molecule has 10 heteroatoms. The number of rotatable bonds is 7. The summed E-state index contributed by atoms with van der Waals surface area (Å²) in [6.45, 7) is 0.232. The van der Waals surface area contributed by atoms with E-state index in [2.05, 4.69) is 15.5 Å². The van der Waals surface area contributed by atoms with Gasteiger partial charge in [-0.1, -0.05) is 23.2 Å². The molecule has 0 unspecified atom stereocenters. The number of aromatic nitrogens is 2. The molecule has 2 rings (SSSR count). The highest BCUT2D eigenvalue weighted by Gasteiger charge is 2.14. The van der Waals surface area contributed by atoms with Crippen LogP contribution in [0.5, 0.6) is 11.6 Å². The Morgan fingerprint density at radius 3 is 2.52 bits per heavy atom. The number of ether oxygens (including phenoxy) is 1. The molecule has 3 N–H and O–H groups in total. The van der Waals surface area contributed by atoms with Crippen LogP contribution in [0.25, 0.3) is 0 Å². The highest BCUT2D eigenvalue weighted by atomic mass is 35.5. The number of aromatic amines is 1. The fourth-order valence-electron chi connectivity index (χ4n) is 1.94. The summed E-state index contributed by atoms with van der Waals surface area (Å²) in [5.74, 6) is -0.611. The van der Waals surface area contributed by atoms with Crippen LogP contribution >= 0.6 is 23.2 Å². The van der Waals surface area contributed by atoms with E-state index in [0.717, 1.165) is 0 Å². The van der Waals surface area contributed by atoms with E-state index in [1.165, 1.54) is 6.07 Å². The van der Waals surface area contributed by atoms with Crippen LogP contribution in [-0.2, 0) is 4.79 Å². The van der Waals surface area contributed by atoms with Crippen molar-refractivity contribution >= 4 is 40.5 Å². The van der Waals surface area contributed by atoms with Gasteiger partial charge in [0.1, 0.15) is 5.69 Å². The Balaban J connectivity index is 2.21. The molecule has 8 nitrogen and oxygen atoms in total. The minimum absolute atomic E-state index is 0.0396. The molecule has 0 radical (unpaired) electrons. The Labute approximate surface area is 153 Å². The predicted molar refractivity (Wildman–Crippen MR) is 96.5 cm³/mol. The Morgan fingerprint density at radius 1 is 1.32 bits per heavy atom. The Hall–Kier alpha value is -2.45. The number of halogens is 2. The zero-order valence-electron chi connectivity index (χ0n) is 13.5. The van der Waals surface area contributed by atoms with Crippen molar-refractivity contribution < 1.29 is 14.6 Å². The summed E-state index contributed by atoms with van der Waals surface area (Å²) in [7, 11) is 3.43. The molecule has 0 saturated heterocycles. The minimum Gasteiger partial charge on any atom is -0.481 e. The van der Waals surface area contributed by atoms with Crippen LogP contribution in [0.15, 0.2) is 23.0 Å². The van der Waals surface area contributed by atoms with Crippen LogP contribution in [0.1, 0.15) is 6.42 Å². The highest BCUT2D eigenvalue weighted by Crippen LogP contribution is 2.38. The molecule has 0 amide bonds. The van der Waals surface area contributed by atoms with Gasteiger partial charge in [0.25, 0.3) is 5.56 Å². The second kappa shape index (κ2) is 8.09. The lowest BCUT2D eigenvalue weighted by Crippen LogP contribution is -2.21. The third-order valence-electron chi connectivity index (χ3n) is 3.12. The van der Waals surface area contributed by atoms with Crippen molar-refractivity contribution in [3.05, 3.63) is 38.6 Å². The summed E-state index contributed by atoms with van der Waals surface area (Å²) in [5, 5.41) is 18.1. The zero-order chi connectivity index (χ0) is 18.6. The van der Waals surface area contributed by atoms with Crippen LogP contribution in [-0.4, -0.2) is 41.9 Å². The van der Waals surface area contributed by atoms with Gasteiger partial charge in [0.2, 0.25) is 5.88 Å². The topological polar surface area (TPSA) is 108 Å². The zero-order valence-corrected chi connectivity index (χ0v) is 15.0. The number of nitrogens with one attached hydrogen (secondary N) is 2. The lowest BCUT2D eigenvalue weighted by molar-refractivity contribution is -0.136. The van der Waals surface area contributed by atoms with Gasteiger partial charge >= 0.3 is 5.97 Å². The standard InChI is InChI=1S/C15H16Cl2N4O4/c1-21(2)11-7-12(19-20-15(11)24)25-14-9(16)5-8(6-10(14)17)18-4-3-13(22)23/h5-7,18H,3-4H2,1-2H3,(H,20,24)(H,22,23). The van der Waals surface area contributed by atoms with Gasteiger partial charge in [0, 0.05) is 32.4 Å². The smallest absolute Gasteiger partial charge is 0.305 e. The van der Waals surface area contributed by atoms with Crippen LogP contribution in [0.3, 0.4) is 0 Å². The predicted octanol–water partition coefficient (Wildman–Crippen LogP) is 2.82. The highest BCUT2D eigenvalue weighted by molar-refractivity contribution is 6.37. The van der Waals surface area contributed by atoms with Gasteiger partial charge in [0.05, 0.1) is 16.5 Å². The second-order valence-electron chi connectivity index (χ2n) is 5.26. The number of anilines is 2. The SMILES string of the molecule is CN(C)c1cc(Oc2c(Cl)cc(NCCC(=O)O)cc2Cl)n[nH]c1=O. The number of carboxylic acid groups (broad SMARTS) is 1. The Kier molecular flexibility index (Phi) is 6.11. The third kappa shape index (κ3) is 5.01. The first kappa shape index (κ1) is 18.9. The summed E-state index contributed by atoms with van der Waals surface area (Å²) in [6, 6.07) is 4.58. The van der Waals surface area contributed by atoms with Crippen LogP contribution in [0.4, 0.5) is 11.4 Å². The lowest BCUT2D eigenvalue weighted by atomic mass is 10.3. The fourth-order valence-corrected chi connectivity index (χ4v) is 2.50. The first-order chi connectivity index (χ1) is 11.8.